The molecule has 0 aliphatic carbocycles. The average molecular weight is 432 g/mol. The number of amides is 2. The molecule has 0 saturated carbocycles. The molecular weight excluding hydrogens is 412 g/mol. The summed E-state index contributed by atoms with van der Waals surface area (Å²) >= 11 is 0. The number of aromatic nitrogens is 2. The molecule has 0 aliphatic heterocycles. The second-order valence-electron chi connectivity index (χ2n) is 6.90. The first-order valence-electron chi connectivity index (χ1n) is 9.88. The van der Waals surface area contributed by atoms with Crippen LogP contribution in [0.25, 0.3) is 11.0 Å². The molecule has 0 spiro atoms. The van der Waals surface area contributed by atoms with Gasteiger partial charge in [-0.1, -0.05) is 36.4 Å². The van der Waals surface area contributed by atoms with E-state index in [1.807, 2.05) is 30.3 Å². The lowest BCUT2D eigenvalue weighted by Gasteiger charge is -2.09. The van der Waals surface area contributed by atoms with Gasteiger partial charge < -0.3 is 9.15 Å². The minimum absolute atomic E-state index is 0.0362. The van der Waals surface area contributed by atoms with Crippen LogP contribution in [-0.2, 0) is 6.54 Å². The van der Waals surface area contributed by atoms with Crippen molar-refractivity contribution in [3.63, 3.8) is 0 Å². The Bertz CT molecular complexity index is 1330. The van der Waals surface area contributed by atoms with E-state index in [2.05, 4.69) is 16.0 Å². The highest BCUT2D eigenvalue weighted by atomic mass is 16.5. The van der Waals surface area contributed by atoms with Crippen molar-refractivity contribution in [3.05, 3.63) is 94.1 Å². The summed E-state index contributed by atoms with van der Waals surface area (Å²) in [4.78, 5) is 36.9. The van der Waals surface area contributed by atoms with Crippen molar-refractivity contribution < 1.29 is 18.7 Å². The Hall–Kier alpha value is -4.40. The van der Waals surface area contributed by atoms with E-state index in [9.17, 15) is 14.4 Å². The topological polar surface area (TPSA) is 115 Å². The highest BCUT2D eigenvalue weighted by Crippen LogP contribution is 2.24. The quantitative estimate of drug-likeness (QED) is 0.452. The molecule has 2 heterocycles. The van der Waals surface area contributed by atoms with Gasteiger partial charge >= 0.3 is 5.91 Å². The number of hydrogen-bond donors (Lipinski definition) is 2. The molecule has 9 heteroatoms. The monoisotopic (exact) mass is 432 g/mol. The van der Waals surface area contributed by atoms with Gasteiger partial charge in [0.25, 0.3) is 11.5 Å². The fourth-order valence-corrected chi connectivity index (χ4v) is 3.12. The number of benzene rings is 2. The Morgan fingerprint density at radius 3 is 2.47 bits per heavy atom. The Balaban J connectivity index is 1.38. The van der Waals surface area contributed by atoms with E-state index >= 15 is 0 Å². The van der Waals surface area contributed by atoms with Crippen LogP contribution in [0.3, 0.4) is 0 Å². The minimum atomic E-state index is -0.676. The number of furan rings is 1. The molecule has 4 rings (SSSR count). The SMILES string of the molecule is Cc1c(C(=O)NNC(=O)c2ccc(=O)n(CCOc3ccccc3)n2)oc2ccccc12. The molecule has 4 aromatic rings. The number of ether oxygens (including phenoxy) is 1. The number of fused-ring (bicyclic) bond motifs is 1. The molecule has 2 amide bonds. The van der Waals surface area contributed by atoms with Gasteiger partial charge in [0.1, 0.15) is 17.9 Å². The lowest BCUT2D eigenvalue weighted by atomic mass is 10.1. The number of rotatable bonds is 6. The van der Waals surface area contributed by atoms with Gasteiger partial charge in [-0.3, -0.25) is 25.2 Å². The van der Waals surface area contributed by atoms with Crippen molar-refractivity contribution in [2.45, 2.75) is 13.5 Å². The summed E-state index contributed by atoms with van der Waals surface area (Å²) in [5, 5.41) is 4.86. The number of carbonyl (C=O) groups is 2. The molecule has 0 bridgehead atoms. The van der Waals surface area contributed by atoms with Crippen LogP contribution >= 0.6 is 0 Å². The normalized spacial score (nSPS) is 10.7. The van der Waals surface area contributed by atoms with Gasteiger partial charge in [0, 0.05) is 17.0 Å². The first-order chi connectivity index (χ1) is 15.5. The predicted molar refractivity (Wildman–Crippen MR) is 116 cm³/mol. The molecular formula is C23H20N4O5. The molecule has 0 saturated heterocycles. The largest absolute Gasteiger partial charge is 0.492 e. The van der Waals surface area contributed by atoms with Crippen LogP contribution in [0.2, 0.25) is 0 Å². The van der Waals surface area contributed by atoms with E-state index in [1.165, 1.54) is 12.1 Å². The maximum Gasteiger partial charge on any atom is 0.305 e. The Kier molecular flexibility index (Phi) is 5.98. The molecule has 2 N–H and O–H groups in total. The fraction of sp³-hybridized carbons (Fsp3) is 0.130. The van der Waals surface area contributed by atoms with Gasteiger partial charge in [0.15, 0.2) is 11.5 Å². The van der Waals surface area contributed by atoms with Crippen LogP contribution in [0, 0.1) is 6.92 Å². The number of aryl methyl sites for hydroxylation is 1. The van der Waals surface area contributed by atoms with Crippen molar-refractivity contribution in [1.82, 2.24) is 20.6 Å². The van der Waals surface area contributed by atoms with E-state index in [1.54, 1.807) is 31.2 Å². The lowest BCUT2D eigenvalue weighted by Crippen LogP contribution is -2.42. The van der Waals surface area contributed by atoms with Crippen molar-refractivity contribution >= 4 is 22.8 Å². The Morgan fingerprint density at radius 2 is 1.69 bits per heavy atom. The first-order valence-corrected chi connectivity index (χ1v) is 9.88. The highest BCUT2D eigenvalue weighted by molar-refractivity contribution is 6.00. The molecule has 9 nitrogen and oxygen atoms in total. The van der Waals surface area contributed by atoms with E-state index in [0.29, 0.717) is 16.9 Å². The van der Waals surface area contributed by atoms with E-state index in [-0.39, 0.29) is 30.2 Å². The van der Waals surface area contributed by atoms with Gasteiger partial charge in [-0.25, -0.2) is 4.68 Å². The van der Waals surface area contributed by atoms with Crippen molar-refractivity contribution in [1.29, 1.82) is 0 Å². The predicted octanol–water partition coefficient (Wildman–Crippen LogP) is 2.45. The van der Waals surface area contributed by atoms with E-state index in [4.69, 9.17) is 9.15 Å². The summed E-state index contributed by atoms with van der Waals surface area (Å²) in [6.45, 7) is 2.11. The molecule has 0 fully saturated rings. The molecule has 162 valence electrons. The second kappa shape index (κ2) is 9.17. The third-order valence-corrected chi connectivity index (χ3v) is 4.75. The molecule has 0 atom stereocenters. The Labute approximate surface area is 182 Å². The zero-order valence-corrected chi connectivity index (χ0v) is 17.2. The first kappa shape index (κ1) is 20.9. The van der Waals surface area contributed by atoms with Crippen LogP contribution in [0.5, 0.6) is 5.75 Å². The van der Waals surface area contributed by atoms with Crippen molar-refractivity contribution in [2.75, 3.05) is 6.61 Å². The lowest BCUT2D eigenvalue weighted by molar-refractivity contribution is 0.0827. The van der Waals surface area contributed by atoms with Crippen LogP contribution < -0.4 is 21.1 Å². The summed E-state index contributed by atoms with van der Waals surface area (Å²) in [5.74, 6) is -0.512. The van der Waals surface area contributed by atoms with Gasteiger partial charge in [0.2, 0.25) is 0 Å². The van der Waals surface area contributed by atoms with E-state index < -0.39 is 11.8 Å². The number of hydrazine groups is 1. The Morgan fingerprint density at radius 1 is 0.969 bits per heavy atom. The molecule has 32 heavy (non-hydrogen) atoms. The van der Waals surface area contributed by atoms with Gasteiger partial charge in [0.05, 0.1) is 6.54 Å². The molecule has 0 radical (unpaired) electrons. The molecule has 0 aliphatic rings. The third kappa shape index (κ3) is 4.51. The van der Waals surface area contributed by atoms with Crippen LogP contribution in [0.15, 0.2) is 75.9 Å². The number of carbonyl (C=O) groups excluding carboxylic acids is 2. The zero-order valence-electron chi connectivity index (χ0n) is 17.2. The molecule has 2 aromatic heterocycles. The maximum atomic E-state index is 12.5. The van der Waals surface area contributed by atoms with Gasteiger partial charge in [-0.05, 0) is 31.2 Å². The average Bonchev–Trinajstić information content (AvgIpc) is 3.16. The summed E-state index contributed by atoms with van der Waals surface area (Å²) < 4.78 is 12.3. The third-order valence-electron chi connectivity index (χ3n) is 4.75. The summed E-state index contributed by atoms with van der Waals surface area (Å²) in [5.41, 5.74) is 5.43. The summed E-state index contributed by atoms with van der Waals surface area (Å²) in [6.07, 6.45) is 0. The number of nitrogens with one attached hydrogen (secondary N) is 2. The fourth-order valence-electron chi connectivity index (χ4n) is 3.12. The number of hydrogen-bond acceptors (Lipinski definition) is 6. The van der Waals surface area contributed by atoms with Crippen LogP contribution in [0.4, 0.5) is 0 Å². The van der Waals surface area contributed by atoms with E-state index in [0.717, 1.165) is 10.1 Å². The summed E-state index contributed by atoms with van der Waals surface area (Å²) in [7, 11) is 0. The zero-order chi connectivity index (χ0) is 22.5. The number of para-hydroxylation sites is 2. The smallest absolute Gasteiger partial charge is 0.305 e. The van der Waals surface area contributed by atoms with Gasteiger partial charge in [-0.2, -0.15) is 5.10 Å². The van der Waals surface area contributed by atoms with Crippen molar-refractivity contribution in [3.8, 4) is 5.75 Å². The van der Waals surface area contributed by atoms with Crippen LogP contribution in [0.1, 0.15) is 26.6 Å². The second-order valence-corrected chi connectivity index (χ2v) is 6.90. The maximum absolute atomic E-state index is 12.5. The minimum Gasteiger partial charge on any atom is -0.492 e. The highest BCUT2D eigenvalue weighted by Gasteiger charge is 2.18. The van der Waals surface area contributed by atoms with Gasteiger partial charge in [-0.15, -0.1) is 0 Å². The summed E-state index contributed by atoms with van der Waals surface area (Å²) in [6, 6.07) is 18.9. The molecule has 2 aromatic carbocycles. The molecule has 0 unspecified atom stereocenters. The van der Waals surface area contributed by atoms with Crippen LogP contribution in [-0.4, -0.2) is 28.2 Å². The van der Waals surface area contributed by atoms with Crippen molar-refractivity contribution in [2.24, 2.45) is 0 Å². The number of nitrogens with zero attached hydrogens (tertiary/aromatic N) is 2. The standard InChI is InChI=1S/C23H20N4O5/c1-15-17-9-5-6-10-19(17)32-21(15)23(30)25-24-22(29)18-11-12-20(28)27(26-18)13-14-31-16-7-3-2-4-8-16/h2-12H,13-14H2,1H3,(H,24,29)(H,25,30).